The van der Waals surface area contributed by atoms with Crippen molar-refractivity contribution in [3.63, 3.8) is 0 Å². The van der Waals surface area contributed by atoms with Crippen LogP contribution in [0.4, 0.5) is 0 Å². The molecular formula is C33H28N2O3. The van der Waals surface area contributed by atoms with Crippen molar-refractivity contribution in [2.75, 3.05) is 6.54 Å². The highest BCUT2D eigenvalue weighted by Crippen LogP contribution is 2.41. The van der Waals surface area contributed by atoms with Gasteiger partial charge in [0.2, 0.25) is 5.91 Å². The SMILES string of the molecule is O=C(O)C1CC2=C3C(=CC=C[C@@H]3Cc3ccccc3)N=C2CN1C(=O)C(c1ccccc1)c1ccccc1. The molecule has 188 valence electrons. The van der Waals surface area contributed by atoms with Gasteiger partial charge in [0.05, 0.1) is 23.9 Å². The number of hydrogen-bond acceptors (Lipinski definition) is 3. The van der Waals surface area contributed by atoms with Crippen molar-refractivity contribution in [3.05, 3.63) is 143 Å². The van der Waals surface area contributed by atoms with Crippen LogP contribution in [0.2, 0.25) is 0 Å². The van der Waals surface area contributed by atoms with E-state index < -0.39 is 17.9 Å². The zero-order chi connectivity index (χ0) is 26.1. The van der Waals surface area contributed by atoms with Crippen molar-refractivity contribution in [2.24, 2.45) is 10.9 Å². The summed E-state index contributed by atoms with van der Waals surface area (Å²) in [4.78, 5) is 33.2. The second-order valence-electron chi connectivity index (χ2n) is 9.96. The number of aliphatic carboxylic acids is 1. The Kier molecular flexibility index (Phi) is 6.34. The lowest BCUT2D eigenvalue weighted by Crippen LogP contribution is -2.53. The summed E-state index contributed by atoms with van der Waals surface area (Å²) in [7, 11) is 0. The fraction of sp³-hybridized carbons (Fsp3) is 0.182. The van der Waals surface area contributed by atoms with E-state index in [1.165, 1.54) is 10.5 Å². The van der Waals surface area contributed by atoms with Gasteiger partial charge in [-0.3, -0.25) is 9.79 Å². The number of aliphatic imine (C=N–C) groups is 1. The number of allylic oxidation sites excluding steroid dienone is 4. The lowest BCUT2D eigenvalue weighted by Gasteiger charge is -2.37. The molecule has 2 aliphatic heterocycles. The van der Waals surface area contributed by atoms with Crippen LogP contribution >= 0.6 is 0 Å². The highest BCUT2D eigenvalue weighted by atomic mass is 16.4. The number of likely N-dealkylation sites (tertiary alicyclic amines) is 1. The van der Waals surface area contributed by atoms with E-state index in [-0.39, 0.29) is 24.8 Å². The van der Waals surface area contributed by atoms with Crippen molar-refractivity contribution >= 4 is 17.6 Å². The fourth-order valence-electron chi connectivity index (χ4n) is 5.86. The minimum absolute atomic E-state index is 0.117. The lowest BCUT2D eigenvalue weighted by atomic mass is 9.81. The van der Waals surface area contributed by atoms with Crippen molar-refractivity contribution in [1.82, 2.24) is 4.90 Å². The largest absolute Gasteiger partial charge is 0.480 e. The van der Waals surface area contributed by atoms with Crippen LogP contribution in [0.25, 0.3) is 0 Å². The van der Waals surface area contributed by atoms with Gasteiger partial charge < -0.3 is 10.0 Å². The topological polar surface area (TPSA) is 70.0 Å². The van der Waals surface area contributed by atoms with Crippen molar-refractivity contribution in [1.29, 1.82) is 0 Å². The molecule has 2 heterocycles. The molecule has 0 radical (unpaired) electrons. The molecule has 1 unspecified atom stereocenters. The molecule has 3 aromatic rings. The van der Waals surface area contributed by atoms with Gasteiger partial charge in [0.1, 0.15) is 6.04 Å². The van der Waals surface area contributed by atoms with E-state index in [4.69, 9.17) is 4.99 Å². The van der Waals surface area contributed by atoms with Gasteiger partial charge in [-0.15, -0.1) is 0 Å². The van der Waals surface area contributed by atoms with Crippen LogP contribution in [0, 0.1) is 5.92 Å². The van der Waals surface area contributed by atoms with Crippen LogP contribution in [0.15, 0.2) is 131 Å². The highest BCUT2D eigenvalue weighted by Gasteiger charge is 2.43. The number of fused-ring (bicyclic) bond motifs is 2. The Bertz CT molecular complexity index is 1450. The first-order valence-electron chi connectivity index (χ1n) is 13.0. The summed E-state index contributed by atoms with van der Waals surface area (Å²) < 4.78 is 0. The number of carbonyl (C=O) groups excluding carboxylic acids is 1. The maximum absolute atomic E-state index is 14.2. The molecule has 1 fully saturated rings. The van der Waals surface area contributed by atoms with Gasteiger partial charge in [-0.25, -0.2) is 4.79 Å². The molecule has 1 saturated heterocycles. The molecule has 5 heteroatoms. The lowest BCUT2D eigenvalue weighted by molar-refractivity contribution is -0.150. The van der Waals surface area contributed by atoms with E-state index in [1.807, 2.05) is 91.0 Å². The standard InChI is InChI=1S/C33H28N2O3/c36-32(30(23-13-6-2-7-14-23)24-15-8-3-9-16-24)35-21-28-26(20-29(35)33(37)38)31-25(17-10-18-27(31)34-28)19-22-11-4-1-5-12-22/h1-18,25,29-30H,19-21H2,(H,37,38)/t25-,29?/m1/s1. The Morgan fingerprint density at radius 3 is 2.11 bits per heavy atom. The van der Waals surface area contributed by atoms with Crippen LogP contribution in [0.5, 0.6) is 0 Å². The van der Waals surface area contributed by atoms with Gasteiger partial charge >= 0.3 is 5.97 Å². The summed E-state index contributed by atoms with van der Waals surface area (Å²) in [6.07, 6.45) is 7.27. The zero-order valence-electron chi connectivity index (χ0n) is 20.9. The number of carboxylic acid groups (broad SMARTS) is 1. The number of benzene rings is 3. The Morgan fingerprint density at radius 1 is 0.895 bits per heavy atom. The predicted octanol–water partition coefficient (Wildman–Crippen LogP) is 5.57. The summed E-state index contributed by atoms with van der Waals surface area (Å²) in [6, 6.07) is 28.5. The van der Waals surface area contributed by atoms with Crippen LogP contribution in [-0.2, 0) is 16.0 Å². The number of amides is 1. The van der Waals surface area contributed by atoms with E-state index in [0.29, 0.717) is 0 Å². The first kappa shape index (κ1) is 23.9. The molecule has 0 saturated carbocycles. The maximum Gasteiger partial charge on any atom is 0.326 e. The van der Waals surface area contributed by atoms with Gasteiger partial charge in [-0.1, -0.05) is 103 Å². The molecule has 3 aromatic carbocycles. The second kappa shape index (κ2) is 10.1. The Morgan fingerprint density at radius 2 is 1.50 bits per heavy atom. The molecule has 6 rings (SSSR count). The fourth-order valence-corrected chi connectivity index (χ4v) is 5.86. The molecule has 1 N–H and O–H groups in total. The molecule has 0 bridgehead atoms. The van der Waals surface area contributed by atoms with E-state index >= 15 is 0 Å². The molecule has 0 spiro atoms. The Hall–Kier alpha value is -4.51. The Labute approximate surface area is 222 Å². The second-order valence-corrected chi connectivity index (χ2v) is 9.96. The summed E-state index contributed by atoms with van der Waals surface area (Å²) in [5.74, 6) is -1.69. The molecule has 0 aromatic heterocycles. The molecule has 1 aliphatic carbocycles. The quantitative estimate of drug-likeness (QED) is 0.481. The molecule has 3 aliphatic rings. The summed E-state index contributed by atoms with van der Waals surface area (Å²) >= 11 is 0. The van der Waals surface area contributed by atoms with Crippen molar-refractivity contribution < 1.29 is 14.7 Å². The smallest absolute Gasteiger partial charge is 0.326 e. The highest BCUT2D eigenvalue weighted by molar-refractivity contribution is 6.10. The summed E-state index contributed by atoms with van der Waals surface area (Å²) in [5, 5.41) is 10.3. The minimum Gasteiger partial charge on any atom is -0.480 e. The number of rotatable bonds is 6. The van der Waals surface area contributed by atoms with Crippen LogP contribution in [-0.4, -0.2) is 40.2 Å². The van der Waals surface area contributed by atoms with Crippen molar-refractivity contribution in [3.8, 4) is 0 Å². The van der Waals surface area contributed by atoms with E-state index in [1.54, 1.807) is 0 Å². The van der Waals surface area contributed by atoms with Gasteiger partial charge in [-0.05, 0) is 40.3 Å². The molecular weight excluding hydrogens is 472 g/mol. The number of nitrogens with zero attached hydrogens (tertiary/aromatic N) is 2. The minimum atomic E-state index is -0.992. The van der Waals surface area contributed by atoms with Crippen LogP contribution < -0.4 is 0 Å². The average molecular weight is 501 g/mol. The van der Waals surface area contributed by atoms with E-state index in [9.17, 15) is 14.7 Å². The Balaban J connectivity index is 1.36. The van der Waals surface area contributed by atoms with Crippen LogP contribution in [0.3, 0.4) is 0 Å². The van der Waals surface area contributed by atoms with Crippen LogP contribution in [0.1, 0.15) is 29.0 Å². The third kappa shape index (κ3) is 4.41. The van der Waals surface area contributed by atoms with Gasteiger partial charge in [0.25, 0.3) is 0 Å². The van der Waals surface area contributed by atoms with Gasteiger partial charge in [0, 0.05) is 12.3 Å². The average Bonchev–Trinajstić information content (AvgIpc) is 3.33. The zero-order valence-corrected chi connectivity index (χ0v) is 20.9. The maximum atomic E-state index is 14.2. The molecule has 2 atom stereocenters. The van der Waals surface area contributed by atoms with E-state index in [2.05, 4.69) is 18.2 Å². The third-order valence-corrected chi connectivity index (χ3v) is 7.65. The normalized spacial score (nSPS) is 20.1. The van der Waals surface area contributed by atoms with Gasteiger partial charge in [0.15, 0.2) is 0 Å². The van der Waals surface area contributed by atoms with Gasteiger partial charge in [-0.2, -0.15) is 0 Å². The summed E-state index contributed by atoms with van der Waals surface area (Å²) in [5.41, 5.74) is 6.68. The third-order valence-electron chi connectivity index (χ3n) is 7.65. The predicted molar refractivity (Wildman–Crippen MR) is 148 cm³/mol. The first-order chi connectivity index (χ1) is 18.6. The van der Waals surface area contributed by atoms with E-state index in [0.717, 1.165) is 40.1 Å². The first-order valence-corrected chi connectivity index (χ1v) is 13.0. The van der Waals surface area contributed by atoms with Crippen molar-refractivity contribution in [2.45, 2.75) is 24.8 Å². The molecule has 1 amide bonds. The number of carbonyl (C=O) groups is 2. The number of hydrogen-bond donors (Lipinski definition) is 1. The molecule has 38 heavy (non-hydrogen) atoms. The summed E-state index contributed by atoms with van der Waals surface area (Å²) in [6.45, 7) is 0.181. The number of piperidine rings is 1. The number of carboxylic acids is 1. The molecule has 5 nitrogen and oxygen atoms in total. The monoisotopic (exact) mass is 500 g/mol.